The molecule has 0 spiro atoms. The Balaban J connectivity index is 4.19. The highest BCUT2D eigenvalue weighted by molar-refractivity contribution is 7.47. The van der Waals surface area contributed by atoms with Gasteiger partial charge in [0.2, 0.25) is 0 Å². The first-order valence-electron chi connectivity index (χ1n) is 22.9. The summed E-state index contributed by atoms with van der Waals surface area (Å²) in [4.78, 5) is 22.8. The van der Waals surface area contributed by atoms with Crippen LogP contribution < -0.4 is 0 Å². The van der Waals surface area contributed by atoms with Crippen LogP contribution in [0, 0.1) is 0 Å². The average Bonchev–Trinajstić information content (AvgIpc) is 3.15. The van der Waals surface area contributed by atoms with Crippen LogP contribution in [0.3, 0.4) is 0 Å². The van der Waals surface area contributed by atoms with E-state index < -0.39 is 19.9 Å². The Hall–Kier alpha value is -1.54. The van der Waals surface area contributed by atoms with Crippen LogP contribution in [0.5, 0.6) is 0 Å². The topological polar surface area (TPSA) is 91.3 Å². The molecular weight excluding hydrogens is 721 g/mol. The second kappa shape index (κ2) is 40.2. The van der Waals surface area contributed by atoms with Crippen LogP contribution in [0.4, 0.5) is 0 Å². The summed E-state index contributed by atoms with van der Waals surface area (Å²) in [6, 6.07) is 0. The first-order valence-corrected chi connectivity index (χ1v) is 24.4. The van der Waals surface area contributed by atoms with Gasteiger partial charge in [0.15, 0.2) is 0 Å². The van der Waals surface area contributed by atoms with Crippen molar-refractivity contribution in [1.82, 2.24) is 0 Å². The van der Waals surface area contributed by atoms with E-state index in [9.17, 15) is 14.3 Å². The molecule has 0 aliphatic carbocycles. The van der Waals surface area contributed by atoms with Gasteiger partial charge >= 0.3 is 13.8 Å². The van der Waals surface area contributed by atoms with Gasteiger partial charge in [-0.2, -0.15) is 0 Å². The van der Waals surface area contributed by atoms with Gasteiger partial charge in [-0.15, -0.1) is 0 Å². The van der Waals surface area contributed by atoms with Gasteiger partial charge in [-0.05, 0) is 38.5 Å². The molecular formula is C47H89NO7P+. The van der Waals surface area contributed by atoms with E-state index in [1.807, 2.05) is 33.3 Å². The third kappa shape index (κ3) is 43.6. The molecule has 1 N–H and O–H groups in total. The molecule has 0 aromatic carbocycles. The van der Waals surface area contributed by atoms with Gasteiger partial charge in [-0.25, -0.2) is 4.57 Å². The fourth-order valence-electron chi connectivity index (χ4n) is 6.16. The Labute approximate surface area is 346 Å². The van der Waals surface area contributed by atoms with Crippen LogP contribution in [0.1, 0.15) is 187 Å². The number of carbonyl (C=O) groups excluding carboxylic acids is 1. The lowest BCUT2D eigenvalue weighted by Crippen LogP contribution is -2.37. The molecule has 2 unspecified atom stereocenters. The second-order valence-corrected chi connectivity index (χ2v) is 17.9. The summed E-state index contributed by atoms with van der Waals surface area (Å²) in [5.41, 5.74) is 0. The van der Waals surface area contributed by atoms with Crippen LogP contribution in [-0.4, -0.2) is 75.6 Å². The van der Waals surface area contributed by atoms with Crippen molar-refractivity contribution in [3.8, 4) is 0 Å². The van der Waals surface area contributed by atoms with Gasteiger partial charge in [-0.1, -0.05) is 191 Å². The smallest absolute Gasteiger partial charge is 0.457 e. The number of hydrogen-bond donors (Lipinski definition) is 1. The van der Waals surface area contributed by atoms with E-state index in [1.165, 1.54) is 122 Å². The number of quaternary nitrogens is 1. The molecule has 8 nitrogen and oxygen atoms in total. The summed E-state index contributed by atoms with van der Waals surface area (Å²) in [5.74, 6) is -0.391. The predicted octanol–water partition coefficient (Wildman–Crippen LogP) is 13.6. The van der Waals surface area contributed by atoms with E-state index in [0.717, 1.165) is 38.5 Å². The maximum Gasteiger partial charge on any atom is 0.472 e. The molecule has 0 radical (unpaired) electrons. The Morgan fingerprint density at radius 2 is 1.00 bits per heavy atom. The molecule has 0 aliphatic heterocycles. The summed E-state index contributed by atoms with van der Waals surface area (Å²) in [7, 11) is 1.63. The number of nitrogens with zero attached hydrogens (tertiary/aromatic N) is 1. The monoisotopic (exact) mass is 811 g/mol. The quantitative estimate of drug-likeness (QED) is 0.0216. The molecule has 9 heteroatoms. The SMILES string of the molecule is CC/C=C\C/C=C\C/C=C\C/C=C\CCC(=O)OC(COCCCCCCCCCCCCCCCCCCCCCCC)COP(=O)(O)OCC[N+](C)(C)C. The Kier molecular flexibility index (Phi) is 39.1. The van der Waals surface area contributed by atoms with E-state index in [0.29, 0.717) is 24.1 Å². The minimum Gasteiger partial charge on any atom is -0.457 e. The lowest BCUT2D eigenvalue weighted by molar-refractivity contribution is -0.870. The molecule has 0 rings (SSSR count). The first kappa shape index (κ1) is 54.5. The van der Waals surface area contributed by atoms with Gasteiger partial charge in [0.25, 0.3) is 0 Å². The van der Waals surface area contributed by atoms with E-state index in [4.69, 9.17) is 18.5 Å². The fourth-order valence-corrected chi connectivity index (χ4v) is 6.90. The van der Waals surface area contributed by atoms with Crippen molar-refractivity contribution >= 4 is 13.8 Å². The number of phosphoric acid groups is 1. The molecule has 0 amide bonds. The van der Waals surface area contributed by atoms with Crippen LogP contribution in [0.2, 0.25) is 0 Å². The van der Waals surface area contributed by atoms with Crippen LogP contribution in [-0.2, 0) is 27.9 Å². The minimum atomic E-state index is -4.29. The molecule has 0 saturated carbocycles. The van der Waals surface area contributed by atoms with Gasteiger partial charge < -0.3 is 18.9 Å². The van der Waals surface area contributed by atoms with Crippen molar-refractivity contribution in [2.24, 2.45) is 0 Å². The highest BCUT2D eigenvalue weighted by atomic mass is 31.2. The maximum atomic E-state index is 12.6. The minimum absolute atomic E-state index is 0.0760. The highest BCUT2D eigenvalue weighted by Gasteiger charge is 2.26. The molecule has 0 aromatic rings. The Morgan fingerprint density at radius 3 is 1.45 bits per heavy atom. The van der Waals surface area contributed by atoms with Gasteiger partial charge in [0.05, 0.1) is 34.4 Å². The summed E-state index contributed by atoms with van der Waals surface area (Å²) < 4.78 is 34.9. The molecule has 56 heavy (non-hydrogen) atoms. The lowest BCUT2D eigenvalue weighted by atomic mass is 10.0. The zero-order valence-corrected chi connectivity index (χ0v) is 38.0. The summed E-state index contributed by atoms with van der Waals surface area (Å²) in [5, 5.41) is 0. The largest absolute Gasteiger partial charge is 0.472 e. The molecule has 0 aromatic heterocycles. The number of ether oxygens (including phenoxy) is 2. The van der Waals surface area contributed by atoms with Crippen molar-refractivity contribution in [1.29, 1.82) is 0 Å². The van der Waals surface area contributed by atoms with Gasteiger partial charge in [0.1, 0.15) is 19.3 Å². The molecule has 0 aliphatic rings. The van der Waals surface area contributed by atoms with Crippen LogP contribution >= 0.6 is 7.82 Å². The summed E-state index contributed by atoms with van der Waals surface area (Å²) in [6.45, 7) is 5.43. The average molecular weight is 811 g/mol. The Morgan fingerprint density at radius 1 is 0.571 bits per heavy atom. The van der Waals surface area contributed by atoms with Crippen molar-refractivity contribution in [3.63, 3.8) is 0 Å². The van der Waals surface area contributed by atoms with Crippen molar-refractivity contribution < 1.29 is 37.3 Å². The number of rotatable bonds is 42. The second-order valence-electron chi connectivity index (χ2n) is 16.4. The van der Waals surface area contributed by atoms with E-state index in [2.05, 4.69) is 50.3 Å². The van der Waals surface area contributed by atoms with Crippen molar-refractivity contribution in [2.45, 2.75) is 193 Å². The third-order valence-corrected chi connectivity index (χ3v) is 10.7. The Bertz CT molecular complexity index is 1040. The van der Waals surface area contributed by atoms with E-state index in [1.54, 1.807) is 0 Å². The molecule has 0 bridgehead atoms. The van der Waals surface area contributed by atoms with E-state index >= 15 is 0 Å². The predicted molar refractivity (Wildman–Crippen MR) is 238 cm³/mol. The maximum absolute atomic E-state index is 12.6. The number of hydrogen-bond acceptors (Lipinski definition) is 6. The lowest BCUT2D eigenvalue weighted by Gasteiger charge is -2.24. The molecule has 0 heterocycles. The van der Waals surface area contributed by atoms with Crippen molar-refractivity contribution in [3.05, 3.63) is 48.6 Å². The standard InChI is InChI=1S/C47H88NO7P/c1-6-8-10-12-14-16-18-20-21-22-23-24-25-26-27-29-31-33-35-37-39-42-52-44-46(45-54-56(50,51)53-43-41-48(3,4)5)55-47(49)40-38-36-34-32-30-28-19-17-15-13-11-9-7-2/h9,11,15,17,28,30,34,36,46H,6-8,10,12-14,16,18-27,29,31-33,35,37-45H2,1-5H3/p+1/b11-9-,17-15-,30-28-,36-34-. The van der Waals surface area contributed by atoms with Crippen molar-refractivity contribution in [2.75, 3.05) is 54.1 Å². The number of carbonyl (C=O) groups is 1. The number of esters is 1. The zero-order chi connectivity index (χ0) is 41.3. The number of likely N-dealkylation sites (N-methyl/N-ethyl adjacent to an activating group) is 1. The third-order valence-electron chi connectivity index (χ3n) is 9.67. The molecule has 2 atom stereocenters. The fraction of sp³-hybridized carbons (Fsp3) is 0.809. The first-order chi connectivity index (χ1) is 27.1. The normalized spacial score (nSPS) is 14.2. The zero-order valence-electron chi connectivity index (χ0n) is 37.1. The number of allylic oxidation sites excluding steroid dienone is 8. The van der Waals surface area contributed by atoms with Crippen LogP contribution in [0.25, 0.3) is 0 Å². The van der Waals surface area contributed by atoms with E-state index in [-0.39, 0.29) is 26.2 Å². The van der Waals surface area contributed by atoms with Gasteiger partial charge in [-0.3, -0.25) is 13.8 Å². The van der Waals surface area contributed by atoms with Gasteiger partial charge in [0, 0.05) is 13.0 Å². The summed E-state index contributed by atoms with van der Waals surface area (Å²) >= 11 is 0. The van der Waals surface area contributed by atoms with Crippen LogP contribution in [0.15, 0.2) is 48.6 Å². The molecule has 328 valence electrons. The molecule has 0 saturated heterocycles. The highest BCUT2D eigenvalue weighted by Crippen LogP contribution is 2.43. The number of unbranched alkanes of at least 4 members (excludes halogenated alkanes) is 20. The molecule has 0 fully saturated rings. The summed E-state index contributed by atoms with van der Waals surface area (Å²) in [6.07, 6.45) is 48.9. The number of phosphoric ester groups is 1.